The summed E-state index contributed by atoms with van der Waals surface area (Å²) >= 11 is 9.57. The van der Waals surface area contributed by atoms with Gasteiger partial charge in [-0.2, -0.15) is 0 Å². The van der Waals surface area contributed by atoms with Crippen LogP contribution in [0, 0.1) is 0 Å². The van der Waals surface area contributed by atoms with E-state index >= 15 is 0 Å². The van der Waals surface area contributed by atoms with E-state index in [0.717, 1.165) is 15.7 Å². The number of hydrogen-bond acceptors (Lipinski definition) is 3. The van der Waals surface area contributed by atoms with Crippen molar-refractivity contribution in [3.8, 4) is 11.4 Å². The van der Waals surface area contributed by atoms with Gasteiger partial charge < -0.3 is 5.73 Å². The zero-order chi connectivity index (χ0) is 13.3. The predicted molar refractivity (Wildman–Crippen MR) is 78.7 cm³/mol. The summed E-state index contributed by atoms with van der Waals surface area (Å²) in [7, 11) is 0. The molecular weight excluding hydrogens is 314 g/mol. The van der Waals surface area contributed by atoms with Crippen LogP contribution < -0.4 is 5.73 Å². The van der Waals surface area contributed by atoms with Crippen molar-refractivity contribution < 1.29 is 0 Å². The van der Waals surface area contributed by atoms with E-state index < -0.39 is 0 Å². The third kappa shape index (κ3) is 2.82. The molecule has 0 saturated heterocycles. The molecule has 0 unspecified atom stereocenters. The summed E-state index contributed by atoms with van der Waals surface area (Å²) in [6.07, 6.45) is 0. The Hall–Kier alpha value is -1.13. The largest absolute Gasteiger partial charge is 0.384 e. The normalized spacial score (nSPS) is 10.9. The highest BCUT2D eigenvalue weighted by atomic mass is 79.9. The molecule has 1 aromatic carbocycles. The molecule has 1 heterocycles. The smallest absolute Gasteiger partial charge is 0.163 e. The maximum Gasteiger partial charge on any atom is 0.163 e. The first kappa shape index (κ1) is 13.3. The molecule has 2 rings (SSSR count). The highest BCUT2D eigenvalue weighted by Crippen LogP contribution is 2.29. The van der Waals surface area contributed by atoms with E-state index in [1.54, 1.807) is 6.07 Å². The molecule has 5 heteroatoms. The van der Waals surface area contributed by atoms with E-state index in [4.69, 9.17) is 17.3 Å². The van der Waals surface area contributed by atoms with Crippen molar-refractivity contribution in [1.82, 2.24) is 9.97 Å². The van der Waals surface area contributed by atoms with Crippen molar-refractivity contribution in [3.63, 3.8) is 0 Å². The zero-order valence-corrected chi connectivity index (χ0v) is 12.5. The van der Waals surface area contributed by atoms with Gasteiger partial charge in [0.2, 0.25) is 0 Å². The Balaban J connectivity index is 2.56. The summed E-state index contributed by atoms with van der Waals surface area (Å²) in [6.45, 7) is 4.13. The zero-order valence-electron chi connectivity index (χ0n) is 10.1. The number of hydrogen-bond donors (Lipinski definition) is 1. The molecule has 0 spiro atoms. The number of benzene rings is 1. The molecule has 0 aliphatic carbocycles. The minimum atomic E-state index is 0.295. The Labute approximate surface area is 120 Å². The average molecular weight is 327 g/mol. The van der Waals surface area contributed by atoms with Gasteiger partial charge in [-0.3, -0.25) is 0 Å². The lowest BCUT2D eigenvalue weighted by atomic mass is 10.1. The number of rotatable bonds is 2. The second-order valence-electron chi connectivity index (χ2n) is 4.32. The third-order valence-electron chi connectivity index (χ3n) is 2.53. The van der Waals surface area contributed by atoms with Gasteiger partial charge >= 0.3 is 0 Å². The average Bonchev–Trinajstić information content (AvgIpc) is 2.27. The van der Waals surface area contributed by atoms with Crippen LogP contribution in [0.25, 0.3) is 11.4 Å². The molecule has 2 N–H and O–H groups in total. The number of nitrogens with two attached hydrogens (primary N) is 1. The van der Waals surface area contributed by atoms with Gasteiger partial charge in [-0.25, -0.2) is 9.97 Å². The van der Waals surface area contributed by atoms with Gasteiger partial charge in [-0.1, -0.05) is 41.4 Å². The Kier molecular flexibility index (Phi) is 3.88. The van der Waals surface area contributed by atoms with E-state index in [2.05, 4.69) is 39.7 Å². The fourth-order valence-electron chi connectivity index (χ4n) is 1.57. The van der Waals surface area contributed by atoms with Crippen molar-refractivity contribution >= 4 is 33.3 Å². The van der Waals surface area contributed by atoms with Crippen molar-refractivity contribution in [3.05, 3.63) is 39.5 Å². The molecule has 0 bridgehead atoms. The number of anilines is 1. The monoisotopic (exact) mass is 325 g/mol. The number of aromatic nitrogens is 2. The Bertz CT molecular complexity index is 584. The summed E-state index contributed by atoms with van der Waals surface area (Å²) in [4.78, 5) is 8.75. The Morgan fingerprint density at radius 3 is 2.56 bits per heavy atom. The van der Waals surface area contributed by atoms with Gasteiger partial charge in [0, 0.05) is 21.8 Å². The molecule has 1 aromatic heterocycles. The van der Waals surface area contributed by atoms with E-state index in [1.807, 2.05) is 18.2 Å². The molecule has 0 amide bonds. The molecule has 94 valence electrons. The van der Waals surface area contributed by atoms with Gasteiger partial charge in [0.05, 0.1) is 5.02 Å². The van der Waals surface area contributed by atoms with E-state index in [-0.39, 0.29) is 0 Å². The van der Waals surface area contributed by atoms with E-state index in [0.29, 0.717) is 22.6 Å². The van der Waals surface area contributed by atoms with Crippen LogP contribution in [0.1, 0.15) is 25.5 Å². The highest BCUT2D eigenvalue weighted by Gasteiger charge is 2.11. The molecule has 2 aromatic rings. The lowest BCUT2D eigenvalue weighted by Crippen LogP contribution is -2.02. The summed E-state index contributed by atoms with van der Waals surface area (Å²) in [6, 6.07) is 7.40. The molecule has 0 radical (unpaired) electrons. The molecule has 3 nitrogen and oxygen atoms in total. The lowest BCUT2D eigenvalue weighted by molar-refractivity contribution is 0.818. The van der Waals surface area contributed by atoms with Gasteiger partial charge in [-0.05, 0) is 24.1 Å². The van der Waals surface area contributed by atoms with Gasteiger partial charge in [0.15, 0.2) is 5.82 Å². The fraction of sp³-hybridized carbons (Fsp3) is 0.231. The van der Waals surface area contributed by atoms with Gasteiger partial charge in [0.1, 0.15) is 5.82 Å². The Morgan fingerprint density at radius 1 is 1.22 bits per heavy atom. The first-order valence-electron chi connectivity index (χ1n) is 5.57. The van der Waals surface area contributed by atoms with Crippen molar-refractivity contribution in [2.45, 2.75) is 19.8 Å². The lowest BCUT2D eigenvalue weighted by Gasteiger charge is -2.09. The van der Waals surface area contributed by atoms with Crippen LogP contribution in [0.4, 0.5) is 5.82 Å². The Morgan fingerprint density at radius 2 is 1.94 bits per heavy atom. The molecule has 0 aliphatic heterocycles. The molecule has 0 fully saturated rings. The van der Waals surface area contributed by atoms with Crippen LogP contribution in [-0.2, 0) is 0 Å². The summed E-state index contributed by atoms with van der Waals surface area (Å²) in [5, 5.41) is 0.602. The first-order chi connectivity index (χ1) is 8.47. The minimum Gasteiger partial charge on any atom is -0.384 e. The third-order valence-corrected chi connectivity index (χ3v) is 3.34. The van der Waals surface area contributed by atoms with E-state index in [9.17, 15) is 0 Å². The van der Waals surface area contributed by atoms with Crippen LogP contribution in [0.5, 0.6) is 0 Å². The predicted octanol–water partition coefficient (Wildman–Crippen LogP) is 4.27. The molecular formula is C13H13BrClN3. The summed E-state index contributed by atoms with van der Waals surface area (Å²) < 4.78 is 0.921. The van der Waals surface area contributed by atoms with Crippen LogP contribution >= 0.6 is 27.5 Å². The van der Waals surface area contributed by atoms with Crippen molar-refractivity contribution in [2.24, 2.45) is 0 Å². The SMILES string of the molecule is CC(C)c1cc(N)nc(-c2ccc(Br)cc2Cl)n1. The quantitative estimate of drug-likeness (QED) is 0.897. The second kappa shape index (κ2) is 5.24. The topological polar surface area (TPSA) is 51.8 Å². The van der Waals surface area contributed by atoms with Crippen LogP contribution in [-0.4, -0.2) is 9.97 Å². The van der Waals surface area contributed by atoms with Crippen molar-refractivity contribution in [2.75, 3.05) is 5.73 Å². The number of halogens is 2. The van der Waals surface area contributed by atoms with Crippen LogP contribution in [0.15, 0.2) is 28.7 Å². The standard InChI is InChI=1S/C13H13BrClN3/c1-7(2)11-6-12(16)18-13(17-11)9-4-3-8(14)5-10(9)15/h3-7H,1-2H3,(H2,16,17,18). The molecule has 0 aliphatic rings. The molecule has 0 saturated carbocycles. The van der Waals surface area contributed by atoms with Gasteiger partial charge in [0.25, 0.3) is 0 Å². The van der Waals surface area contributed by atoms with Crippen LogP contribution in [0.2, 0.25) is 5.02 Å². The number of nitrogens with zero attached hydrogens (tertiary/aromatic N) is 2. The highest BCUT2D eigenvalue weighted by molar-refractivity contribution is 9.10. The maximum absolute atomic E-state index is 6.20. The minimum absolute atomic E-state index is 0.295. The van der Waals surface area contributed by atoms with Crippen molar-refractivity contribution in [1.29, 1.82) is 0 Å². The second-order valence-corrected chi connectivity index (χ2v) is 5.64. The summed E-state index contributed by atoms with van der Waals surface area (Å²) in [5.41, 5.74) is 7.51. The van der Waals surface area contributed by atoms with E-state index in [1.165, 1.54) is 0 Å². The fourth-order valence-corrected chi connectivity index (χ4v) is 2.33. The summed E-state index contributed by atoms with van der Waals surface area (Å²) in [5.74, 6) is 1.32. The van der Waals surface area contributed by atoms with Gasteiger partial charge in [-0.15, -0.1) is 0 Å². The number of nitrogen functional groups attached to an aromatic ring is 1. The first-order valence-corrected chi connectivity index (χ1v) is 6.74. The van der Waals surface area contributed by atoms with Crippen LogP contribution in [0.3, 0.4) is 0 Å². The maximum atomic E-state index is 6.20. The molecule has 0 atom stereocenters. The molecule has 18 heavy (non-hydrogen) atoms.